The molecule has 0 atom stereocenters. The van der Waals surface area contributed by atoms with Crippen molar-refractivity contribution in [3.63, 3.8) is 0 Å². The summed E-state index contributed by atoms with van der Waals surface area (Å²) in [6.45, 7) is 4.32. The van der Waals surface area contributed by atoms with Gasteiger partial charge in [0.1, 0.15) is 11.5 Å². The number of urea groups is 1. The minimum absolute atomic E-state index is 0.168. The fourth-order valence-corrected chi connectivity index (χ4v) is 1.90. The van der Waals surface area contributed by atoms with Crippen molar-refractivity contribution in [3.05, 3.63) is 47.3 Å². The van der Waals surface area contributed by atoms with E-state index in [0.717, 1.165) is 23.6 Å². The number of aryl methyl sites for hydroxylation is 2. The van der Waals surface area contributed by atoms with E-state index >= 15 is 0 Å². The smallest absolute Gasteiger partial charge is 0.321 e. The van der Waals surface area contributed by atoms with E-state index in [0.29, 0.717) is 6.54 Å². The first kappa shape index (κ1) is 14.1. The summed E-state index contributed by atoms with van der Waals surface area (Å²) in [7, 11) is 1.73. The van der Waals surface area contributed by atoms with Gasteiger partial charge < -0.3 is 14.7 Å². The lowest BCUT2D eigenvalue weighted by atomic mass is 10.1. The van der Waals surface area contributed by atoms with Gasteiger partial charge in [-0.25, -0.2) is 4.79 Å². The monoisotopic (exact) mass is 273 g/mol. The van der Waals surface area contributed by atoms with Gasteiger partial charge in [0.25, 0.3) is 0 Å². The molecular weight excluding hydrogens is 254 g/mol. The molecule has 0 saturated heterocycles. The first-order valence-electron chi connectivity index (χ1n) is 6.61. The van der Waals surface area contributed by atoms with Gasteiger partial charge in [0.05, 0.1) is 6.54 Å². The van der Waals surface area contributed by atoms with Crippen LogP contribution in [0.15, 0.2) is 34.9 Å². The SMILES string of the molecule is CCc1cccc(NC(=O)N(C)Cc2cc(C)on2)c1. The summed E-state index contributed by atoms with van der Waals surface area (Å²) in [6.07, 6.45) is 0.942. The second-order valence-corrected chi connectivity index (χ2v) is 4.77. The molecule has 5 heteroatoms. The second kappa shape index (κ2) is 6.23. The molecular formula is C15H19N3O2. The Morgan fingerprint density at radius 1 is 1.40 bits per heavy atom. The Hall–Kier alpha value is -2.30. The third-order valence-corrected chi connectivity index (χ3v) is 3.01. The largest absolute Gasteiger partial charge is 0.361 e. The molecule has 5 nitrogen and oxygen atoms in total. The first-order chi connectivity index (χ1) is 9.58. The Labute approximate surface area is 118 Å². The van der Waals surface area contributed by atoms with Gasteiger partial charge >= 0.3 is 6.03 Å². The molecule has 0 bridgehead atoms. The number of anilines is 1. The van der Waals surface area contributed by atoms with Crippen molar-refractivity contribution in [1.82, 2.24) is 10.1 Å². The maximum absolute atomic E-state index is 12.1. The van der Waals surface area contributed by atoms with Crippen molar-refractivity contribution in [2.75, 3.05) is 12.4 Å². The van der Waals surface area contributed by atoms with Crippen molar-refractivity contribution in [3.8, 4) is 0 Å². The van der Waals surface area contributed by atoms with Crippen molar-refractivity contribution >= 4 is 11.7 Å². The number of nitrogens with zero attached hydrogens (tertiary/aromatic N) is 2. The summed E-state index contributed by atoms with van der Waals surface area (Å²) in [6, 6.07) is 9.49. The topological polar surface area (TPSA) is 58.4 Å². The highest BCUT2D eigenvalue weighted by Gasteiger charge is 2.11. The maximum atomic E-state index is 12.1. The lowest BCUT2D eigenvalue weighted by molar-refractivity contribution is 0.219. The van der Waals surface area contributed by atoms with E-state index in [9.17, 15) is 4.79 Å². The fraction of sp³-hybridized carbons (Fsp3) is 0.333. The summed E-state index contributed by atoms with van der Waals surface area (Å²) >= 11 is 0. The van der Waals surface area contributed by atoms with E-state index in [1.807, 2.05) is 37.3 Å². The first-order valence-corrected chi connectivity index (χ1v) is 6.61. The van der Waals surface area contributed by atoms with Crippen LogP contribution in [0.2, 0.25) is 0 Å². The molecule has 0 fully saturated rings. The molecule has 106 valence electrons. The van der Waals surface area contributed by atoms with Gasteiger partial charge in [0.15, 0.2) is 0 Å². The average molecular weight is 273 g/mol. The minimum Gasteiger partial charge on any atom is -0.361 e. The predicted molar refractivity (Wildman–Crippen MR) is 77.5 cm³/mol. The number of nitrogens with one attached hydrogen (secondary N) is 1. The molecule has 2 rings (SSSR count). The van der Waals surface area contributed by atoms with Crippen molar-refractivity contribution in [1.29, 1.82) is 0 Å². The highest BCUT2D eigenvalue weighted by molar-refractivity contribution is 5.89. The van der Waals surface area contributed by atoms with Crippen LogP contribution >= 0.6 is 0 Å². The molecule has 0 aliphatic carbocycles. The molecule has 1 heterocycles. The van der Waals surface area contributed by atoms with Crippen LogP contribution in [-0.2, 0) is 13.0 Å². The van der Waals surface area contributed by atoms with Gasteiger partial charge in [0, 0.05) is 18.8 Å². The van der Waals surface area contributed by atoms with Crippen LogP contribution in [-0.4, -0.2) is 23.1 Å². The zero-order valence-electron chi connectivity index (χ0n) is 12.0. The van der Waals surface area contributed by atoms with Crippen molar-refractivity contribution in [2.45, 2.75) is 26.8 Å². The Kier molecular flexibility index (Phi) is 4.40. The van der Waals surface area contributed by atoms with E-state index in [1.54, 1.807) is 11.9 Å². The molecule has 0 spiro atoms. The average Bonchev–Trinajstić information content (AvgIpc) is 2.84. The molecule has 0 radical (unpaired) electrons. The molecule has 0 unspecified atom stereocenters. The molecule has 2 aromatic rings. The van der Waals surface area contributed by atoms with Crippen molar-refractivity contribution in [2.24, 2.45) is 0 Å². The van der Waals surface area contributed by atoms with Crippen LogP contribution in [0.1, 0.15) is 23.9 Å². The normalized spacial score (nSPS) is 10.3. The van der Waals surface area contributed by atoms with Gasteiger partial charge in [0.2, 0.25) is 0 Å². The number of amides is 2. The van der Waals surface area contributed by atoms with Crippen LogP contribution in [0.25, 0.3) is 0 Å². The Bertz CT molecular complexity index is 592. The van der Waals surface area contributed by atoms with Gasteiger partial charge in [-0.15, -0.1) is 0 Å². The highest BCUT2D eigenvalue weighted by atomic mass is 16.5. The zero-order valence-corrected chi connectivity index (χ0v) is 12.0. The molecule has 0 saturated carbocycles. The number of carbonyl (C=O) groups is 1. The Morgan fingerprint density at radius 3 is 2.85 bits per heavy atom. The number of rotatable bonds is 4. The molecule has 20 heavy (non-hydrogen) atoms. The van der Waals surface area contributed by atoms with E-state index in [1.165, 1.54) is 5.56 Å². The summed E-state index contributed by atoms with van der Waals surface area (Å²) < 4.78 is 4.99. The van der Waals surface area contributed by atoms with Gasteiger partial charge in [-0.05, 0) is 31.0 Å². The molecule has 1 N–H and O–H groups in total. The van der Waals surface area contributed by atoms with E-state index < -0.39 is 0 Å². The molecule has 1 aromatic carbocycles. The van der Waals surface area contributed by atoms with E-state index in [2.05, 4.69) is 17.4 Å². The number of benzene rings is 1. The summed E-state index contributed by atoms with van der Waals surface area (Å²) in [4.78, 5) is 13.6. The molecule has 0 aliphatic heterocycles. The summed E-state index contributed by atoms with van der Waals surface area (Å²) in [5.41, 5.74) is 2.73. The lowest BCUT2D eigenvalue weighted by Crippen LogP contribution is -2.30. The standard InChI is InChI=1S/C15H19N3O2/c1-4-12-6-5-7-13(9-12)16-15(19)18(3)10-14-8-11(2)20-17-14/h5-9H,4,10H2,1-3H3,(H,16,19). The third kappa shape index (κ3) is 3.60. The molecule has 2 amide bonds. The van der Waals surface area contributed by atoms with Gasteiger partial charge in [-0.3, -0.25) is 0 Å². The van der Waals surface area contributed by atoms with Gasteiger partial charge in [-0.1, -0.05) is 24.2 Å². The molecule has 0 aliphatic rings. The van der Waals surface area contributed by atoms with Crippen molar-refractivity contribution < 1.29 is 9.32 Å². The number of aromatic nitrogens is 1. The number of carbonyl (C=O) groups excluding carboxylic acids is 1. The quantitative estimate of drug-likeness (QED) is 0.930. The predicted octanol–water partition coefficient (Wildman–Crippen LogP) is 3.21. The summed E-state index contributed by atoms with van der Waals surface area (Å²) in [5, 5.41) is 6.75. The van der Waals surface area contributed by atoms with Gasteiger partial charge in [-0.2, -0.15) is 0 Å². The number of hydrogen-bond donors (Lipinski definition) is 1. The zero-order chi connectivity index (χ0) is 14.5. The number of hydrogen-bond acceptors (Lipinski definition) is 3. The molecule has 1 aromatic heterocycles. The highest BCUT2D eigenvalue weighted by Crippen LogP contribution is 2.12. The summed E-state index contributed by atoms with van der Waals surface area (Å²) in [5.74, 6) is 0.740. The fourth-order valence-electron chi connectivity index (χ4n) is 1.90. The van der Waals surface area contributed by atoms with Crippen LogP contribution in [0.4, 0.5) is 10.5 Å². The van der Waals surface area contributed by atoms with E-state index in [4.69, 9.17) is 4.52 Å². The van der Waals surface area contributed by atoms with Crippen LogP contribution in [0.5, 0.6) is 0 Å². The maximum Gasteiger partial charge on any atom is 0.321 e. The Balaban J connectivity index is 1.96. The third-order valence-electron chi connectivity index (χ3n) is 3.01. The van der Waals surface area contributed by atoms with E-state index in [-0.39, 0.29) is 6.03 Å². The second-order valence-electron chi connectivity index (χ2n) is 4.77. The van der Waals surface area contributed by atoms with Crippen LogP contribution < -0.4 is 5.32 Å². The Morgan fingerprint density at radius 2 is 2.20 bits per heavy atom. The van der Waals surface area contributed by atoms with Crippen LogP contribution in [0.3, 0.4) is 0 Å². The minimum atomic E-state index is -0.168. The van der Waals surface area contributed by atoms with Crippen LogP contribution in [0, 0.1) is 6.92 Å². The lowest BCUT2D eigenvalue weighted by Gasteiger charge is -2.16.